The van der Waals surface area contributed by atoms with E-state index in [2.05, 4.69) is 26.0 Å². The SMILES string of the molecule is CC[C@@]1(O)CC[C@H]2[C@@H]3C=CC4=CC(=O)CC(C(=O)O)[C@]4(C)C3=CC[C@@]21C. The summed E-state index contributed by atoms with van der Waals surface area (Å²) in [6.45, 7) is 6.25. The second-order valence-corrected chi connectivity index (χ2v) is 9.06. The number of carboxylic acid groups (broad SMARTS) is 1. The Morgan fingerprint density at radius 3 is 2.73 bits per heavy atom. The summed E-state index contributed by atoms with van der Waals surface area (Å²) in [5.41, 5.74) is 0.512. The van der Waals surface area contributed by atoms with Crippen molar-refractivity contribution in [1.82, 2.24) is 0 Å². The van der Waals surface area contributed by atoms with E-state index in [1.807, 2.05) is 13.0 Å². The number of rotatable bonds is 2. The number of allylic oxidation sites excluding steroid dienone is 6. The third kappa shape index (κ3) is 1.99. The van der Waals surface area contributed by atoms with E-state index in [-0.39, 0.29) is 23.5 Å². The van der Waals surface area contributed by atoms with Gasteiger partial charge in [-0.25, -0.2) is 0 Å². The molecule has 0 radical (unpaired) electrons. The van der Waals surface area contributed by atoms with Gasteiger partial charge >= 0.3 is 5.97 Å². The zero-order valence-electron chi connectivity index (χ0n) is 15.8. The molecule has 0 aromatic heterocycles. The van der Waals surface area contributed by atoms with E-state index in [9.17, 15) is 19.8 Å². The third-order valence-corrected chi connectivity index (χ3v) is 8.27. The van der Waals surface area contributed by atoms with Gasteiger partial charge in [-0.3, -0.25) is 9.59 Å². The molecule has 4 aliphatic rings. The van der Waals surface area contributed by atoms with Gasteiger partial charge in [0.25, 0.3) is 0 Å². The van der Waals surface area contributed by atoms with E-state index < -0.39 is 22.9 Å². The fourth-order valence-electron chi connectivity index (χ4n) is 6.43. The molecule has 6 atom stereocenters. The van der Waals surface area contributed by atoms with E-state index in [1.165, 1.54) is 0 Å². The predicted molar refractivity (Wildman–Crippen MR) is 98.3 cm³/mol. The van der Waals surface area contributed by atoms with Crippen molar-refractivity contribution in [2.45, 2.75) is 58.5 Å². The first-order chi connectivity index (χ1) is 12.2. The average molecular weight is 356 g/mol. The van der Waals surface area contributed by atoms with Gasteiger partial charge in [-0.1, -0.05) is 44.6 Å². The highest BCUT2D eigenvalue weighted by Gasteiger charge is 2.61. The van der Waals surface area contributed by atoms with Crippen molar-refractivity contribution in [3.05, 3.63) is 35.5 Å². The highest BCUT2D eigenvalue weighted by molar-refractivity contribution is 5.96. The van der Waals surface area contributed by atoms with Crippen molar-refractivity contribution >= 4 is 11.8 Å². The maximum atomic E-state index is 12.1. The number of hydrogen-bond donors (Lipinski definition) is 2. The molecule has 1 fully saturated rings. The van der Waals surface area contributed by atoms with Crippen LogP contribution in [0, 0.1) is 28.6 Å². The summed E-state index contributed by atoms with van der Waals surface area (Å²) in [6, 6.07) is 0. The summed E-state index contributed by atoms with van der Waals surface area (Å²) in [5.74, 6) is -1.26. The Morgan fingerprint density at radius 1 is 1.35 bits per heavy atom. The van der Waals surface area contributed by atoms with Crippen molar-refractivity contribution in [2.24, 2.45) is 28.6 Å². The highest BCUT2D eigenvalue weighted by Crippen LogP contribution is 2.65. The summed E-state index contributed by atoms with van der Waals surface area (Å²) >= 11 is 0. The molecule has 26 heavy (non-hydrogen) atoms. The van der Waals surface area contributed by atoms with Crippen LogP contribution < -0.4 is 0 Å². The predicted octanol–water partition coefficient (Wildman–Crippen LogP) is 3.67. The maximum absolute atomic E-state index is 12.1. The largest absolute Gasteiger partial charge is 0.481 e. The van der Waals surface area contributed by atoms with Gasteiger partial charge in [0, 0.05) is 23.2 Å². The van der Waals surface area contributed by atoms with Gasteiger partial charge in [-0.2, -0.15) is 0 Å². The fourth-order valence-corrected chi connectivity index (χ4v) is 6.43. The molecule has 1 saturated carbocycles. The van der Waals surface area contributed by atoms with Crippen LogP contribution in [0.4, 0.5) is 0 Å². The van der Waals surface area contributed by atoms with Crippen molar-refractivity contribution in [2.75, 3.05) is 0 Å². The molecule has 0 aromatic rings. The first kappa shape index (κ1) is 17.7. The Labute approximate surface area is 154 Å². The van der Waals surface area contributed by atoms with E-state index in [1.54, 1.807) is 6.08 Å². The minimum atomic E-state index is -0.897. The molecule has 0 aliphatic heterocycles. The molecular formula is C22H28O4. The molecular weight excluding hydrogens is 328 g/mol. The minimum absolute atomic E-state index is 0.0636. The van der Waals surface area contributed by atoms with Crippen LogP contribution in [-0.4, -0.2) is 27.6 Å². The van der Waals surface area contributed by atoms with Crippen LogP contribution in [0.15, 0.2) is 35.5 Å². The van der Waals surface area contributed by atoms with Crippen LogP contribution in [0.3, 0.4) is 0 Å². The van der Waals surface area contributed by atoms with Gasteiger partial charge in [-0.15, -0.1) is 0 Å². The number of carbonyl (C=O) groups is 2. The smallest absolute Gasteiger partial charge is 0.308 e. The molecule has 4 nitrogen and oxygen atoms in total. The van der Waals surface area contributed by atoms with E-state index in [4.69, 9.17) is 0 Å². The van der Waals surface area contributed by atoms with Crippen LogP contribution in [0.2, 0.25) is 0 Å². The molecule has 2 N–H and O–H groups in total. The lowest BCUT2D eigenvalue weighted by atomic mass is 9.50. The van der Waals surface area contributed by atoms with E-state index in [0.717, 1.165) is 36.8 Å². The number of carbonyl (C=O) groups excluding carboxylic acids is 1. The lowest BCUT2D eigenvalue weighted by molar-refractivity contribution is -0.147. The number of carboxylic acids is 1. The number of aliphatic carboxylic acids is 1. The molecule has 0 spiro atoms. The second kappa shape index (κ2) is 5.41. The van der Waals surface area contributed by atoms with Crippen LogP contribution in [0.5, 0.6) is 0 Å². The summed E-state index contributed by atoms with van der Waals surface area (Å²) in [5, 5.41) is 21.1. The monoisotopic (exact) mass is 356 g/mol. The van der Waals surface area contributed by atoms with Gasteiger partial charge < -0.3 is 10.2 Å². The molecule has 4 rings (SSSR count). The molecule has 140 valence electrons. The number of fused-ring (bicyclic) bond motifs is 5. The number of aliphatic hydroxyl groups is 1. The quantitative estimate of drug-likeness (QED) is 0.741. The molecule has 4 heteroatoms. The summed E-state index contributed by atoms with van der Waals surface area (Å²) < 4.78 is 0. The number of ketones is 1. The van der Waals surface area contributed by atoms with E-state index >= 15 is 0 Å². The minimum Gasteiger partial charge on any atom is -0.481 e. The summed E-state index contributed by atoms with van der Waals surface area (Å²) in [6.07, 6.45) is 11.3. The molecule has 4 aliphatic carbocycles. The Balaban J connectivity index is 1.85. The molecule has 0 aromatic carbocycles. The zero-order valence-corrected chi connectivity index (χ0v) is 15.8. The van der Waals surface area contributed by atoms with Gasteiger partial charge in [0.2, 0.25) is 0 Å². The number of hydrogen-bond acceptors (Lipinski definition) is 3. The Morgan fingerprint density at radius 2 is 2.08 bits per heavy atom. The molecule has 1 unspecified atom stereocenters. The van der Waals surface area contributed by atoms with Crippen LogP contribution in [-0.2, 0) is 9.59 Å². The molecule has 0 bridgehead atoms. The van der Waals surface area contributed by atoms with Gasteiger partial charge in [0.15, 0.2) is 5.78 Å². The first-order valence-corrected chi connectivity index (χ1v) is 9.76. The van der Waals surface area contributed by atoms with Gasteiger partial charge in [-0.05, 0) is 43.3 Å². The van der Waals surface area contributed by atoms with Gasteiger partial charge in [0.1, 0.15) is 0 Å². The van der Waals surface area contributed by atoms with Crippen LogP contribution in [0.1, 0.15) is 52.9 Å². The van der Waals surface area contributed by atoms with Crippen molar-refractivity contribution < 1.29 is 19.8 Å². The van der Waals surface area contributed by atoms with Crippen molar-refractivity contribution in [1.29, 1.82) is 0 Å². The molecule has 0 amide bonds. The lowest BCUT2D eigenvalue weighted by Crippen LogP contribution is -2.51. The highest BCUT2D eigenvalue weighted by atomic mass is 16.4. The first-order valence-electron chi connectivity index (χ1n) is 9.76. The van der Waals surface area contributed by atoms with Crippen molar-refractivity contribution in [3.63, 3.8) is 0 Å². The summed E-state index contributed by atoms with van der Waals surface area (Å²) in [7, 11) is 0. The summed E-state index contributed by atoms with van der Waals surface area (Å²) in [4.78, 5) is 24.1. The second-order valence-electron chi connectivity index (χ2n) is 9.06. The lowest BCUT2D eigenvalue weighted by Gasteiger charge is -2.54. The molecule has 0 heterocycles. The standard InChI is InChI=1S/C22H28O4/c1-4-22(26)10-8-16-15-6-5-13-11-14(23)12-18(19(24)25)21(13,3)17(15)7-9-20(16,22)2/h5-7,11,15-16,18,26H,4,8-10,12H2,1-3H3,(H,24,25)/t15-,16-,18?,20-,21-,22+/m0/s1. The zero-order chi connectivity index (χ0) is 18.9. The maximum Gasteiger partial charge on any atom is 0.308 e. The van der Waals surface area contributed by atoms with Gasteiger partial charge in [0.05, 0.1) is 11.5 Å². The Bertz CT molecular complexity index is 775. The third-order valence-electron chi connectivity index (χ3n) is 8.27. The average Bonchev–Trinajstić information content (AvgIpc) is 2.87. The topological polar surface area (TPSA) is 74.6 Å². The van der Waals surface area contributed by atoms with Crippen LogP contribution in [0.25, 0.3) is 0 Å². The Hall–Kier alpha value is -1.68. The van der Waals surface area contributed by atoms with Crippen LogP contribution >= 0.6 is 0 Å². The molecule has 0 saturated heterocycles. The van der Waals surface area contributed by atoms with E-state index in [0.29, 0.717) is 5.92 Å². The fraction of sp³-hybridized carbons (Fsp3) is 0.636. The Kier molecular flexibility index (Phi) is 3.69. The normalized spacial score (nSPS) is 46.8. The van der Waals surface area contributed by atoms with Crippen molar-refractivity contribution in [3.8, 4) is 0 Å².